The molecule has 23 heavy (non-hydrogen) atoms. The van der Waals surface area contributed by atoms with Crippen LogP contribution in [0.5, 0.6) is 0 Å². The van der Waals surface area contributed by atoms with Gasteiger partial charge in [-0.15, -0.1) is 0 Å². The van der Waals surface area contributed by atoms with Crippen LogP contribution in [0.1, 0.15) is 37.1 Å². The monoisotopic (exact) mass is 310 g/mol. The van der Waals surface area contributed by atoms with Gasteiger partial charge in [0, 0.05) is 25.0 Å². The quantitative estimate of drug-likeness (QED) is 0.854. The van der Waals surface area contributed by atoms with E-state index in [0.29, 0.717) is 0 Å². The standard InChI is InChI=1S/C19H22N2O2/c1-14-9-10-17(23-14)19(22)21-13-12-20-11-5-8-16(20)18(21)15-6-3-2-4-7-15/h2-8,11,14,17-18H,9-10,12-13H2,1H3/t14-,17-,18+/m1/s1. The molecule has 0 unspecified atom stereocenters. The van der Waals surface area contributed by atoms with Crippen molar-refractivity contribution in [2.75, 3.05) is 6.54 Å². The Labute approximate surface area is 136 Å². The Kier molecular flexibility index (Phi) is 3.69. The molecule has 0 radical (unpaired) electrons. The molecule has 0 aliphatic carbocycles. The molecule has 2 aromatic rings. The largest absolute Gasteiger partial charge is 0.365 e. The van der Waals surface area contributed by atoms with Crippen molar-refractivity contribution in [1.82, 2.24) is 9.47 Å². The lowest BCUT2D eigenvalue weighted by Gasteiger charge is -2.38. The molecule has 1 aromatic heterocycles. The van der Waals surface area contributed by atoms with Gasteiger partial charge in [-0.3, -0.25) is 4.79 Å². The summed E-state index contributed by atoms with van der Waals surface area (Å²) in [6, 6.07) is 14.5. The molecule has 2 aliphatic heterocycles. The minimum absolute atomic E-state index is 0.0213. The number of fused-ring (bicyclic) bond motifs is 1. The lowest BCUT2D eigenvalue weighted by molar-refractivity contribution is -0.145. The van der Waals surface area contributed by atoms with Crippen molar-refractivity contribution in [3.8, 4) is 0 Å². The van der Waals surface area contributed by atoms with Crippen molar-refractivity contribution in [2.24, 2.45) is 0 Å². The van der Waals surface area contributed by atoms with Gasteiger partial charge in [0.05, 0.1) is 12.1 Å². The second-order valence-corrected chi connectivity index (χ2v) is 6.48. The van der Waals surface area contributed by atoms with Gasteiger partial charge < -0.3 is 14.2 Å². The van der Waals surface area contributed by atoms with Crippen LogP contribution in [0.15, 0.2) is 48.7 Å². The zero-order valence-corrected chi connectivity index (χ0v) is 13.4. The fraction of sp³-hybridized carbons (Fsp3) is 0.421. The summed E-state index contributed by atoms with van der Waals surface area (Å²) in [5.74, 6) is 0.135. The van der Waals surface area contributed by atoms with Gasteiger partial charge in [0.2, 0.25) is 0 Å². The lowest BCUT2D eigenvalue weighted by Crippen LogP contribution is -2.46. The van der Waals surface area contributed by atoms with Crippen LogP contribution in [-0.4, -0.2) is 34.1 Å². The SMILES string of the molecule is C[C@@H]1CC[C@H](C(=O)N2CCn3cccc3[C@@H]2c2ccccc2)O1. The molecule has 2 aliphatic rings. The molecule has 0 spiro atoms. The number of aromatic nitrogens is 1. The maximum Gasteiger partial charge on any atom is 0.252 e. The molecule has 4 nitrogen and oxygen atoms in total. The van der Waals surface area contributed by atoms with Gasteiger partial charge >= 0.3 is 0 Å². The third-order valence-electron chi connectivity index (χ3n) is 4.94. The second kappa shape index (κ2) is 5.85. The van der Waals surface area contributed by atoms with Crippen LogP contribution in [-0.2, 0) is 16.1 Å². The van der Waals surface area contributed by atoms with E-state index >= 15 is 0 Å². The fourth-order valence-electron chi connectivity index (χ4n) is 3.78. The molecule has 1 aromatic carbocycles. The highest BCUT2D eigenvalue weighted by Crippen LogP contribution is 2.34. The van der Waals surface area contributed by atoms with Crippen LogP contribution >= 0.6 is 0 Å². The van der Waals surface area contributed by atoms with E-state index in [1.165, 1.54) is 5.69 Å². The number of amides is 1. The van der Waals surface area contributed by atoms with E-state index in [9.17, 15) is 4.79 Å². The van der Waals surface area contributed by atoms with Crippen molar-refractivity contribution in [3.05, 3.63) is 59.9 Å². The number of benzene rings is 1. The average molecular weight is 310 g/mol. The molecular formula is C19H22N2O2. The molecule has 120 valence electrons. The molecule has 3 atom stereocenters. The maximum absolute atomic E-state index is 13.1. The van der Waals surface area contributed by atoms with E-state index in [1.807, 2.05) is 30.0 Å². The topological polar surface area (TPSA) is 34.5 Å². The van der Waals surface area contributed by atoms with Crippen LogP contribution in [0.2, 0.25) is 0 Å². The number of carbonyl (C=O) groups excluding carboxylic acids is 1. The highest BCUT2D eigenvalue weighted by Gasteiger charge is 2.38. The van der Waals surface area contributed by atoms with Gasteiger partial charge in [0.25, 0.3) is 5.91 Å². The minimum atomic E-state index is -0.280. The Morgan fingerprint density at radius 1 is 1.09 bits per heavy atom. The van der Waals surface area contributed by atoms with Crippen molar-refractivity contribution >= 4 is 5.91 Å². The molecule has 1 amide bonds. The summed E-state index contributed by atoms with van der Waals surface area (Å²) in [5, 5.41) is 0. The number of carbonyl (C=O) groups is 1. The first-order valence-electron chi connectivity index (χ1n) is 8.40. The first-order chi connectivity index (χ1) is 11.2. The van der Waals surface area contributed by atoms with Crippen molar-refractivity contribution in [2.45, 2.75) is 44.6 Å². The third kappa shape index (κ3) is 2.57. The highest BCUT2D eigenvalue weighted by atomic mass is 16.5. The number of ether oxygens (including phenoxy) is 1. The first-order valence-corrected chi connectivity index (χ1v) is 8.40. The second-order valence-electron chi connectivity index (χ2n) is 6.48. The van der Waals surface area contributed by atoms with Crippen LogP contribution in [0.25, 0.3) is 0 Å². The number of nitrogens with zero attached hydrogens (tertiary/aromatic N) is 2. The number of hydrogen-bond donors (Lipinski definition) is 0. The van der Waals surface area contributed by atoms with Gasteiger partial charge in [-0.1, -0.05) is 30.3 Å². The van der Waals surface area contributed by atoms with Crippen LogP contribution in [0, 0.1) is 0 Å². The molecule has 4 heteroatoms. The molecule has 0 bridgehead atoms. The van der Waals surface area contributed by atoms with E-state index in [1.54, 1.807) is 0 Å². The average Bonchev–Trinajstić information content (AvgIpc) is 3.22. The number of hydrogen-bond acceptors (Lipinski definition) is 2. The molecule has 1 saturated heterocycles. The zero-order chi connectivity index (χ0) is 15.8. The van der Waals surface area contributed by atoms with E-state index in [0.717, 1.165) is 31.5 Å². The van der Waals surface area contributed by atoms with Crippen molar-refractivity contribution < 1.29 is 9.53 Å². The first kappa shape index (κ1) is 14.5. The molecule has 1 fully saturated rings. The zero-order valence-electron chi connectivity index (χ0n) is 13.4. The summed E-state index contributed by atoms with van der Waals surface area (Å²) in [7, 11) is 0. The summed E-state index contributed by atoms with van der Waals surface area (Å²) < 4.78 is 8.08. The lowest BCUT2D eigenvalue weighted by atomic mass is 9.99. The maximum atomic E-state index is 13.1. The predicted molar refractivity (Wildman–Crippen MR) is 88.0 cm³/mol. The molecule has 3 heterocycles. The molecule has 0 saturated carbocycles. The van der Waals surface area contributed by atoms with Crippen LogP contribution < -0.4 is 0 Å². The van der Waals surface area contributed by atoms with Gasteiger partial charge in [-0.05, 0) is 37.5 Å². The Morgan fingerprint density at radius 2 is 1.91 bits per heavy atom. The Hall–Kier alpha value is -2.07. The van der Waals surface area contributed by atoms with Crippen LogP contribution in [0.3, 0.4) is 0 Å². The van der Waals surface area contributed by atoms with Crippen molar-refractivity contribution in [1.29, 1.82) is 0 Å². The number of rotatable bonds is 2. The summed E-state index contributed by atoms with van der Waals surface area (Å²) in [6.07, 6.45) is 3.81. The Balaban J connectivity index is 1.69. The fourth-order valence-corrected chi connectivity index (χ4v) is 3.78. The Bertz CT molecular complexity index is 694. The summed E-state index contributed by atoms with van der Waals surface area (Å²) in [6.45, 7) is 3.62. The molecule has 4 rings (SSSR count). The van der Waals surface area contributed by atoms with Gasteiger partial charge in [0.1, 0.15) is 6.10 Å². The van der Waals surface area contributed by atoms with Crippen LogP contribution in [0.4, 0.5) is 0 Å². The minimum Gasteiger partial charge on any atom is -0.365 e. The van der Waals surface area contributed by atoms with Gasteiger partial charge in [-0.25, -0.2) is 0 Å². The third-order valence-corrected chi connectivity index (χ3v) is 4.94. The highest BCUT2D eigenvalue weighted by molar-refractivity contribution is 5.82. The summed E-state index contributed by atoms with van der Waals surface area (Å²) in [5.41, 5.74) is 2.34. The van der Waals surface area contributed by atoms with Crippen molar-refractivity contribution in [3.63, 3.8) is 0 Å². The summed E-state index contributed by atoms with van der Waals surface area (Å²) >= 11 is 0. The smallest absolute Gasteiger partial charge is 0.252 e. The summed E-state index contributed by atoms with van der Waals surface area (Å²) in [4.78, 5) is 15.1. The van der Waals surface area contributed by atoms with E-state index in [4.69, 9.17) is 4.74 Å². The van der Waals surface area contributed by atoms with E-state index in [2.05, 4.69) is 35.0 Å². The predicted octanol–water partition coefficient (Wildman–Crippen LogP) is 2.99. The Morgan fingerprint density at radius 3 is 2.65 bits per heavy atom. The van der Waals surface area contributed by atoms with E-state index in [-0.39, 0.29) is 24.2 Å². The molecule has 0 N–H and O–H groups in total. The van der Waals surface area contributed by atoms with E-state index < -0.39 is 0 Å². The normalized spacial score (nSPS) is 27.0. The van der Waals surface area contributed by atoms with Gasteiger partial charge in [0.15, 0.2) is 0 Å². The molecular weight excluding hydrogens is 288 g/mol. The van der Waals surface area contributed by atoms with Gasteiger partial charge in [-0.2, -0.15) is 0 Å².